The van der Waals surface area contributed by atoms with Crippen LogP contribution in [-0.4, -0.2) is 17.4 Å². The second-order valence-corrected chi connectivity index (χ2v) is 2.96. The third kappa shape index (κ3) is 5.84. The first kappa shape index (κ1) is 12.2. The van der Waals surface area contributed by atoms with Crippen molar-refractivity contribution < 1.29 is 0 Å². The molecule has 0 unspecified atom stereocenters. The van der Waals surface area contributed by atoms with Crippen molar-refractivity contribution in [2.75, 3.05) is 6.54 Å². The largest absolute Gasteiger partial charge is 0.369 e. The number of nitriles is 2. The molecule has 0 aliphatic rings. The van der Waals surface area contributed by atoms with Crippen LogP contribution in [0.5, 0.6) is 0 Å². The van der Waals surface area contributed by atoms with Crippen molar-refractivity contribution in [3.8, 4) is 12.3 Å². The molecular weight excluding hydrogens is 178 g/mol. The van der Waals surface area contributed by atoms with Crippen LogP contribution in [0.4, 0.5) is 0 Å². The zero-order chi connectivity index (χ0) is 10.8. The molecule has 0 bridgehead atoms. The van der Waals surface area contributed by atoms with E-state index in [1.54, 1.807) is 0 Å². The highest BCUT2D eigenvalue weighted by molar-refractivity contribution is 5.76. The molecule has 76 valence electrons. The lowest BCUT2D eigenvalue weighted by Gasteiger charge is -2.11. The van der Waals surface area contributed by atoms with Gasteiger partial charge in [0.2, 0.25) is 5.96 Å². The molecule has 0 aromatic rings. The molecule has 0 radical (unpaired) electrons. The summed E-state index contributed by atoms with van der Waals surface area (Å²) in [6.07, 6.45) is 6.12. The number of hydrogen-bond donors (Lipinski definition) is 2. The second-order valence-electron chi connectivity index (χ2n) is 2.96. The van der Waals surface area contributed by atoms with Gasteiger partial charge in [-0.05, 0) is 12.8 Å². The van der Waals surface area contributed by atoms with E-state index in [1.165, 1.54) is 0 Å². The van der Waals surface area contributed by atoms with Crippen LogP contribution in [0, 0.1) is 28.2 Å². The lowest BCUT2D eigenvalue weighted by molar-refractivity contribution is 0.512. The van der Waals surface area contributed by atoms with Crippen LogP contribution in [0.15, 0.2) is 0 Å². The van der Waals surface area contributed by atoms with Crippen LogP contribution in [0.1, 0.15) is 32.1 Å². The Bertz CT molecular complexity index is 247. The van der Waals surface area contributed by atoms with Crippen LogP contribution in [0.25, 0.3) is 0 Å². The molecule has 0 aromatic carbocycles. The standard InChI is InChI=1S/C9H15N5/c10-6-4-2-1-3-5-7-14(8-11)9(12)13/h1-5,7H2,(H3,12,13). The molecule has 0 heterocycles. The first-order chi connectivity index (χ1) is 6.72. The Labute approximate surface area is 84.2 Å². The Morgan fingerprint density at radius 1 is 1.21 bits per heavy atom. The summed E-state index contributed by atoms with van der Waals surface area (Å²) in [6, 6.07) is 2.08. The van der Waals surface area contributed by atoms with Crippen molar-refractivity contribution in [2.45, 2.75) is 32.1 Å². The fourth-order valence-electron chi connectivity index (χ4n) is 1.05. The Kier molecular flexibility index (Phi) is 6.89. The number of nitrogens with zero attached hydrogens (tertiary/aromatic N) is 3. The topological polar surface area (TPSA) is 101 Å². The summed E-state index contributed by atoms with van der Waals surface area (Å²) in [6.45, 7) is 0.498. The molecule has 0 aliphatic carbocycles. The van der Waals surface area contributed by atoms with Crippen LogP contribution in [-0.2, 0) is 0 Å². The zero-order valence-electron chi connectivity index (χ0n) is 8.16. The van der Waals surface area contributed by atoms with E-state index >= 15 is 0 Å². The summed E-state index contributed by atoms with van der Waals surface area (Å²) < 4.78 is 0. The molecule has 0 fully saturated rings. The maximum atomic E-state index is 8.55. The van der Waals surface area contributed by atoms with Crippen LogP contribution in [0.2, 0.25) is 0 Å². The number of guanidine groups is 1. The van der Waals surface area contributed by atoms with E-state index in [1.807, 2.05) is 6.19 Å². The van der Waals surface area contributed by atoms with Crippen molar-refractivity contribution in [1.82, 2.24) is 4.90 Å². The molecule has 14 heavy (non-hydrogen) atoms. The minimum Gasteiger partial charge on any atom is -0.369 e. The van der Waals surface area contributed by atoms with Crippen LogP contribution in [0.3, 0.4) is 0 Å². The number of rotatable bonds is 6. The fourth-order valence-corrected chi connectivity index (χ4v) is 1.05. The molecule has 0 aromatic heterocycles. The van der Waals surface area contributed by atoms with Crippen molar-refractivity contribution in [1.29, 1.82) is 15.9 Å². The number of unbranched alkanes of at least 4 members (excludes halogenated alkanes) is 4. The monoisotopic (exact) mass is 193 g/mol. The molecule has 0 amide bonds. The second kappa shape index (κ2) is 7.88. The third-order valence-corrected chi connectivity index (χ3v) is 1.83. The minimum atomic E-state index is -0.204. The van der Waals surface area contributed by atoms with Gasteiger partial charge >= 0.3 is 0 Å². The molecule has 0 rings (SSSR count). The quantitative estimate of drug-likeness (QED) is 0.217. The Morgan fingerprint density at radius 3 is 2.36 bits per heavy atom. The van der Waals surface area contributed by atoms with E-state index in [9.17, 15) is 0 Å². The molecule has 0 saturated heterocycles. The number of hydrogen-bond acceptors (Lipinski definition) is 3. The van der Waals surface area contributed by atoms with Crippen molar-refractivity contribution in [2.24, 2.45) is 5.73 Å². The van der Waals surface area contributed by atoms with Gasteiger partial charge in [-0.2, -0.15) is 10.5 Å². The molecule has 3 N–H and O–H groups in total. The van der Waals surface area contributed by atoms with Crippen LogP contribution < -0.4 is 5.73 Å². The Morgan fingerprint density at radius 2 is 1.86 bits per heavy atom. The van der Waals surface area contributed by atoms with Crippen LogP contribution >= 0.6 is 0 Å². The van der Waals surface area contributed by atoms with Gasteiger partial charge in [0.05, 0.1) is 6.07 Å². The summed E-state index contributed by atoms with van der Waals surface area (Å²) in [5.74, 6) is -0.204. The highest BCUT2D eigenvalue weighted by Gasteiger charge is 2.03. The fraction of sp³-hybridized carbons (Fsp3) is 0.667. The van der Waals surface area contributed by atoms with Gasteiger partial charge in [-0.25, -0.2) is 4.90 Å². The summed E-state index contributed by atoms with van der Waals surface area (Å²) in [5, 5.41) is 23.9. The predicted molar refractivity (Wildman–Crippen MR) is 52.9 cm³/mol. The van der Waals surface area contributed by atoms with E-state index in [2.05, 4.69) is 6.07 Å². The van der Waals surface area contributed by atoms with Gasteiger partial charge in [-0.15, -0.1) is 0 Å². The SMILES string of the molecule is N#CCCCCCCN(C#N)C(=N)N. The summed E-state index contributed by atoms with van der Waals surface area (Å²) in [4.78, 5) is 1.16. The van der Waals surface area contributed by atoms with E-state index in [0.717, 1.165) is 30.6 Å². The molecule has 0 saturated carbocycles. The molecule has 5 heteroatoms. The lowest BCUT2D eigenvalue weighted by atomic mass is 10.1. The Hall–Kier alpha value is -1.75. The number of nitrogens with one attached hydrogen (secondary N) is 1. The van der Waals surface area contributed by atoms with Crippen molar-refractivity contribution in [3.05, 3.63) is 0 Å². The Balaban J connectivity index is 3.40. The maximum absolute atomic E-state index is 8.55. The molecule has 0 spiro atoms. The molecular formula is C9H15N5. The van der Waals surface area contributed by atoms with Gasteiger partial charge in [-0.1, -0.05) is 12.8 Å². The molecule has 5 nitrogen and oxygen atoms in total. The average Bonchev–Trinajstić information content (AvgIpc) is 2.16. The number of nitrogens with two attached hydrogens (primary N) is 1. The zero-order valence-corrected chi connectivity index (χ0v) is 8.16. The van der Waals surface area contributed by atoms with E-state index < -0.39 is 0 Å². The smallest absolute Gasteiger partial charge is 0.201 e. The van der Waals surface area contributed by atoms with E-state index in [0.29, 0.717) is 13.0 Å². The maximum Gasteiger partial charge on any atom is 0.201 e. The predicted octanol–water partition coefficient (Wildman–Crippen LogP) is 1.14. The average molecular weight is 193 g/mol. The highest BCUT2D eigenvalue weighted by atomic mass is 15.2. The summed E-state index contributed by atoms with van der Waals surface area (Å²) in [5.41, 5.74) is 5.15. The van der Waals surface area contributed by atoms with Gasteiger partial charge in [0.15, 0.2) is 6.19 Å². The molecule has 0 atom stereocenters. The minimum absolute atomic E-state index is 0.204. The van der Waals surface area contributed by atoms with Gasteiger partial charge < -0.3 is 5.73 Å². The first-order valence-corrected chi connectivity index (χ1v) is 4.60. The summed E-state index contributed by atoms with van der Waals surface area (Å²) >= 11 is 0. The normalized spacial score (nSPS) is 8.71. The summed E-state index contributed by atoms with van der Waals surface area (Å²) in [7, 11) is 0. The van der Waals surface area contributed by atoms with Gasteiger partial charge in [-0.3, -0.25) is 5.41 Å². The van der Waals surface area contributed by atoms with E-state index in [-0.39, 0.29) is 5.96 Å². The van der Waals surface area contributed by atoms with Gasteiger partial charge in [0, 0.05) is 13.0 Å². The first-order valence-electron chi connectivity index (χ1n) is 4.60. The van der Waals surface area contributed by atoms with Crippen molar-refractivity contribution >= 4 is 5.96 Å². The van der Waals surface area contributed by atoms with Gasteiger partial charge in [0.1, 0.15) is 0 Å². The third-order valence-electron chi connectivity index (χ3n) is 1.83. The lowest BCUT2D eigenvalue weighted by Crippen LogP contribution is -2.33. The molecule has 0 aliphatic heterocycles. The van der Waals surface area contributed by atoms with Gasteiger partial charge in [0.25, 0.3) is 0 Å². The van der Waals surface area contributed by atoms with E-state index in [4.69, 9.17) is 21.7 Å². The highest BCUT2D eigenvalue weighted by Crippen LogP contribution is 2.03. The van der Waals surface area contributed by atoms with Crippen molar-refractivity contribution in [3.63, 3.8) is 0 Å².